The molecule has 0 heterocycles. The van der Waals surface area contributed by atoms with Crippen LogP contribution >= 0.6 is 0 Å². The van der Waals surface area contributed by atoms with Gasteiger partial charge in [0.1, 0.15) is 8.07 Å². The third kappa shape index (κ3) is 9.69. The summed E-state index contributed by atoms with van der Waals surface area (Å²) in [6.07, 6.45) is 8.94. The molecule has 0 aliphatic rings. The molecule has 0 atom stereocenters. The first-order valence-corrected chi connectivity index (χ1v) is 15.8. The number of unbranched alkanes of at least 4 members (excludes halogenated alkanes) is 3. The van der Waals surface area contributed by atoms with E-state index in [2.05, 4.69) is 78.0 Å². The Labute approximate surface area is 143 Å². The van der Waals surface area contributed by atoms with Crippen LogP contribution in [0.3, 0.4) is 0 Å². The Morgan fingerprint density at radius 2 is 1.55 bits per heavy atom. The van der Waals surface area contributed by atoms with Gasteiger partial charge in [0.05, 0.1) is 0 Å². The van der Waals surface area contributed by atoms with Crippen molar-refractivity contribution in [1.29, 1.82) is 0 Å². The van der Waals surface area contributed by atoms with E-state index in [9.17, 15) is 0 Å². The first-order chi connectivity index (χ1) is 9.89. The Balaban J connectivity index is 4.95. The van der Waals surface area contributed by atoms with Crippen molar-refractivity contribution in [2.75, 3.05) is 0 Å². The van der Waals surface area contributed by atoms with E-state index in [1.54, 1.807) is 5.57 Å². The van der Waals surface area contributed by atoms with Crippen LogP contribution in [-0.4, -0.2) is 16.1 Å². The highest BCUT2D eigenvalue weighted by Crippen LogP contribution is 2.35. The van der Waals surface area contributed by atoms with Gasteiger partial charge in [-0.05, 0) is 30.0 Å². The van der Waals surface area contributed by atoms with E-state index in [4.69, 9.17) is 0 Å². The summed E-state index contributed by atoms with van der Waals surface area (Å²) in [5.74, 6) is 3.47. The fourth-order valence-electron chi connectivity index (χ4n) is 2.18. The largest absolute Gasteiger partial charge is 0.138 e. The number of hydrogen-bond acceptors (Lipinski definition) is 0. The Bertz CT molecular complexity index is 406. The molecular formula is C20H40Si2. The molecule has 0 amide bonds. The molecule has 0 spiro atoms. The molecule has 0 radical (unpaired) electrons. The van der Waals surface area contributed by atoms with E-state index in [1.807, 2.05) is 0 Å². The maximum Gasteiger partial charge on any atom is 0.138 e. The third-order valence-electron chi connectivity index (χ3n) is 4.64. The SMILES string of the molecule is CCCCCC/C(=C/C#C[Si](C)(C)C(C)(C)C)C[Si](C)(C)C. The molecule has 2 heteroatoms. The topological polar surface area (TPSA) is 0 Å². The van der Waals surface area contributed by atoms with Gasteiger partial charge in [0, 0.05) is 8.07 Å². The lowest BCUT2D eigenvalue weighted by atomic mass is 10.1. The molecule has 128 valence electrons. The molecule has 22 heavy (non-hydrogen) atoms. The minimum atomic E-state index is -1.47. The minimum Gasteiger partial charge on any atom is -0.127 e. The van der Waals surface area contributed by atoms with Crippen LogP contribution in [0.1, 0.15) is 59.8 Å². The predicted octanol–water partition coefficient (Wildman–Crippen LogP) is 7.27. The smallest absolute Gasteiger partial charge is 0.127 e. The highest BCUT2D eigenvalue weighted by atomic mass is 28.3. The second kappa shape index (κ2) is 9.13. The van der Waals surface area contributed by atoms with E-state index in [1.165, 1.54) is 38.1 Å². The maximum atomic E-state index is 3.64. The van der Waals surface area contributed by atoms with Gasteiger partial charge in [-0.25, -0.2) is 0 Å². The zero-order valence-electron chi connectivity index (χ0n) is 16.8. The second-order valence-corrected chi connectivity index (χ2v) is 20.0. The lowest BCUT2D eigenvalue weighted by molar-refractivity contribution is 0.664. The second-order valence-electron chi connectivity index (χ2n) is 9.50. The van der Waals surface area contributed by atoms with Gasteiger partial charge < -0.3 is 0 Å². The van der Waals surface area contributed by atoms with Gasteiger partial charge in [-0.15, -0.1) is 5.54 Å². The van der Waals surface area contributed by atoms with Crippen LogP contribution in [0.25, 0.3) is 0 Å². The summed E-state index contributed by atoms with van der Waals surface area (Å²) < 4.78 is 0. The normalized spacial score (nSPS) is 13.8. The first kappa shape index (κ1) is 21.7. The molecular weight excluding hydrogens is 296 g/mol. The van der Waals surface area contributed by atoms with Crippen molar-refractivity contribution in [3.8, 4) is 11.5 Å². The van der Waals surface area contributed by atoms with Crippen molar-refractivity contribution in [3.63, 3.8) is 0 Å². The van der Waals surface area contributed by atoms with Gasteiger partial charge in [0.15, 0.2) is 0 Å². The average Bonchev–Trinajstić information content (AvgIpc) is 2.30. The van der Waals surface area contributed by atoms with Crippen molar-refractivity contribution in [2.45, 2.75) is 104 Å². The molecule has 0 aromatic heterocycles. The monoisotopic (exact) mass is 336 g/mol. The van der Waals surface area contributed by atoms with E-state index in [0.29, 0.717) is 5.04 Å². The lowest BCUT2D eigenvalue weighted by Gasteiger charge is -2.31. The van der Waals surface area contributed by atoms with E-state index in [0.717, 1.165) is 0 Å². The van der Waals surface area contributed by atoms with Gasteiger partial charge >= 0.3 is 0 Å². The summed E-state index contributed by atoms with van der Waals surface area (Å²) in [7, 11) is -2.51. The molecule has 0 aromatic carbocycles. The molecule has 0 N–H and O–H groups in total. The van der Waals surface area contributed by atoms with Crippen molar-refractivity contribution in [1.82, 2.24) is 0 Å². The summed E-state index contributed by atoms with van der Waals surface area (Å²) in [4.78, 5) is 0. The van der Waals surface area contributed by atoms with Crippen molar-refractivity contribution in [2.24, 2.45) is 0 Å². The van der Waals surface area contributed by atoms with E-state index in [-0.39, 0.29) is 0 Å². The highest BCUT2D eigenvalue weighted by Gasteiger charge is 2.33. The van der Waals surface area contributed by atoms with Crippen LogP contribution in [0.2, 0.25) is 43.8 Å². The summed E-state index contributed by atoms with van der Waals surface area (Å²) in [5.41, 5.74) is 5.26. The Morgan fingerprint density at radius 3 is 2.00 bits per heavy atom. The number of rotatable bonds is 7. The van der Waals surface area contributed by atoms with Crippen molar-refractivity contribution in [3.05, 3.63) is 11.6 Å². The molecule has 0 unspecified atom stereocenters. The van der Waals surface area contributed by atoms with Crippen LogP contribution in [-0.2, 0) is 0 Å². The molecule has 0 saturated heterocycles. The van der Waals surface area contributed by atoms with E-state index < -0.39 is 16.1 Å². The lowest BCUT2D eigenvalue weighted by Crippen LogP contribution is -2.35. The van der Waals surface area contributed by atoms with Crippen LogP contribution in [0.5, 0.6) is 0 Å². The van der Waals surface area contributed by atoms with Gasteiger partial charge in [-0.2, -0.15) is 0 Å². The zero-order valence-corrected chi connectivity index (χ0v) is 18.8. The van der Waals surface area contributed by atoms with Crippen LogP contribution in [0, 0.1) is 11.5 Å². The standard InChI is InChI=1S/C20H40Si2/c1-10-11-12-13-15-19(18-21(5,6)7)16-14-17-22(8,9)20(2,3)4/h16H,10-13,15,18H2,1-9H3/b19-16-. The Kier molecular flexibility index (Phi) is 9.02. The van der Waals surface area contributed by atoms with Crippen LogP contribution in [0.15, 0.2) is 11.6 Å². The van der Waals surface area contributed by atoms with Crippen molar-refractivity contribution >= 4 is 16.1 Å². The first-order valence-electron chi connectivity index (χ1n) is 9.10. The number of hydrogen-bond donors (Lipinski definition) is 0. The summed E-state index contributed by atoms with van der Waals surface area (Å²) in [6, 6.07) is 1.31. The van der Waals surface area contributed by atoms with Gasteiger partial charge in [0.25, 0.3) is 0 Å². The fraction of sp³-hybridized carbons (Fsp3) is 0.800. The van der Waals surface area contributed by atoms with Crippen LogP contribution in [0.4, 0.5) is 0 Å². The zero-order chi connectivity index (χ0) is 17.4. The third-order valence-corrected chi connectivity index (χ3v) is 10.7. The van der Waals surface area contributed by atoms with Gasteiger partial charge in [-0.3, -0.25) is 0 Å². The Morgan fingerprint density at radius 1 is 0.955 bits per heavy atom. The van der Waals surface area contributed by atoms with Gasteiger partial charge in [0.2, 0.25) is 0 Å². The molecule has 0 saturated carbocycles. The summed E-state index contributed by atoms with van der Waals surface area (Å²) in [5, 5.41) is 0.355. The molecule has 0 aromatic rings. The molecule has 0 nitrogen and oxygen atoms in total. The quantitative estimate of drug-likeness (QED) is 0.260. The molecule has 0 aliphatic heterocycles. The Hall–Kier alpha value is -0.266. The van der Waals surface area contributed by atoms with Crippen molar-refractivity contribution < 1.29 is 0 Å². The minimum absolute atomic E-state index is 0.355. The average molecular weight is 337 g/mol. The molecule has 0 fully saturated rings. The molecule has 0 bridgehead atoms. The maximum absolute atomic E-state index is 3.64. The highest BCUT2D eigenvalue weighted by molar-refractivity contribution is 6.87. The molecule has 0 rings (SSSR count). The molecule has 0 aliphatic carbocycles. The number of allylic oxidation sites excluding steroid dienone is 2. The summed E-state index contributed by atoms with van der Waals surface area (Å²) in [6.45, 7) is 21.5. The van der Waals surface area contributed by atoms with Crippen LogP contribution < -0.4 is 0 Å². The van der Waals surface area contributed by atoms with E-state index >= 15 is 0 Å². The summed E-state index contributed by atoms with van der Waals surface area (Å²) >= 11 is 0. The fourth-order valence-corrected chi connectivity index (χ4v) is 4.63. The van der Waals surface area contributed by atoms with Gasteiger partial charge in [-0.1, -0.05) is 91.2 Å². The predicted molar refractivity (Wildman–Crippen MR) is 110 cm³/mol.